The molecular weight excluding hydrogens is 278 g/mol. The van der Waals surface area contributed by atoms with Gasteiger partial charge in [-0.15, -0.1) is 0 Å². The maximum atomic E-state index is 11.8. The SMILES string of the molecule is CCCNC(=O)/C(C#N)=C\Nc1cccc2c(O)cccc12. The van der Waals surface area contributed by atoms with Gasteiger partial charge >= 0.3 is 0 Å². The van der Waals surface area contributed by atoms with Crippen LogP contribution in [0.2, 0.25) is 0 Å². The highest BCUT2D eigenvalue weighted by Crippen LogP contribution is 2.29. The van der Waals surface area contributed by atoms with Crippen molar-refractivity contribution in [1.29, 1.82) is 5.26 Å². The number of carbonyl (C=O) groups excluding carboxylic acids is 1. The minimum Gasteiger partial charge on any atom is -0.507 e. The number of amides is 1. The summed E-state index contributed by atoms with van der Waals surface area (Å²) in [4.78, 5) is 11.8. The molecule has 0 fully saturated rings. The number of anilines is 1. The van der Waals surface area contributed by atoms with Crippen molar-refractivity contribution in [2.75, 3.05) is 11.9 Å². The van der Waals surface area contributed by atoms with Crippen LogP contribution in [0.15, 0.2) is 48.2 Å². The van der Waals surface area contributed by atoms with Gasteiger partial charge in [0.05, 0.1) is 0 Å². The molecule has 0 aliphatic carbocycles. The van der Waals surface area contributed by atoms with Crippen molar-refractivity contribution < 1.29 is 9.90 Å². The standard InChI is InChI=1S/C17H17N3O2/c1-2-9-19-17(22)12(10-18)11-20-15-7-3-6-14-13(15)5-4-8-16(14)21/h3-8,11,20-21H,2,9H2,1H3,(H,19,22)/b12-11-. The highest BCUT2D eigenvalue weighted by Gasteiger charge is 2.08. The highest BCUT2D eigenvalue weighted by molar-refractivity contribution is 6.00. The van der Waals surface area contributed by atoms with Gasteiger partial charge in [0, 0.05) is 29.2 Å². The molecule has 0 saturated heterocycles. The van der Waals surface area contributed by atoms with E-state index in [0.717, 1.165) is 11.8 Å². The van der Waals surface area contributed by atoms with Gasteiger partial charge in [-0.25, -0.2) is 0 Å². The zero-order valence-corrected chi connectivity index (χ0v) is 12.3. The lowest BCUT2D eigenvalue weighted by atomic mass is 10.1. The van der Waals surface area contributed by atoms with Crippen molar-refractivity contribution in [2.45, 2.75) is 13.3 Å². The van der Waals surface area contributed by atoms with Crippen molar-refractivity contribution in [2.24, 2.45) is 0 Å². The highest BCUT2D eigenvalue weighted by atomic mass is 16.3. The summed E-state index contributed by atoms with van der Waals surface area (Å²) in [7, 11) is 0. The Balaban J connectivity index is 2.27. The normalized spacial score (nSPS) is 11.0. The van der Waals surface area contributed by atoms with Gasteiger partial charge in [0.25, 0.3) is 5.91 Å². The number of nitriles is 1. The number of aromatic hydroxyl groups is 1. The van der Waals surface area contributed by atoms with Crippen LogP contribution in [0.25, 0.3) is 10.8 Å². The Morgan fingerprint density at radius 2 is 2.00 bits per heavy atom. The van der Waals surface area contributed by atoms with Crippen molar-refractivity contribution >= 4 is 22.4 Å². The van der Waals surface area contributed by atoms with Crippen LogP contribution in [0.5, 0.6) is 5.75 Å². The maximum absolute atomic E-state index is 11.8. The van der Waals surface area contributed by atoms with E-state index in [-0.39, 0.29) is 11.3 Å². The van der Waals surface area contributed by atoms with Crippen molar-refractivity contribution in [1.82, 2.24) is 5.32 Å². The monoisotopic (exact) mass is 295 g/mol. The molecule has 0 bridgehead atoms. The molecule has 22 heavy (non-hydrogen) atoms. The number of benzene rings is 2. The summed E-state index contributed by atoms with van der Waals surface area (Å²) in [5.41, 5.74) is 0.718. The molecule has 0 radical (unpaired) electrons. The van der Waals surface area contributed by atoms with Crippen LogP contribution >= 0.6 is 0 Å². The molecule has 1 amide bonds. The molecule has 2 aromatic rings. The largest absolute Gasteiger partial charge is 0.507 e. The van der Waals surface area contributed by atoms with Crippen molar-refractivity contribution in [3.63, 3.8) is 0 Å². The predicted octanol–water partition coefficient (Wildman–Crippen LogP) is 2.89. The third-order valence-corrected chi connectivity index (χ3v) is 3.17. The molecule has 0 heterocycles. The lowest BCUT2D eigenvalue weighted by Gasteiger charge is -2.08. The molecule has 0 aliphatic rings. The number of carbonyl (C=O) groups is 1. The first-order chi connectivity index (χ1) is 10.7. The molecule has 0 unspecified atom stereocenters. The number of nitrogens with one attached hydrogen (secondary N) is 2. The number of rotatable bonds is 5. The van der Waals surface area contributed by atoms with E-state index in [1.54, 1.807) is 24.3 Å². The van der Waals surface area contributed by atoms with E-state index in [9.17, 15) is 9.90 Å². The fourth-order valence-corrected chi connectivity index (χ4v) is 2.05. The van der Waals surface area contributed by atoms with Gasteiger partial charge in [-0.05, 0) is 18.6 Å². The second kappa shape index (κ2) is 7.14. The number of fused-ring (bicyclic) bond motifs is 1. The topological polar surface area (TPSA) is 85.2 Å². The maximum Gasteiger partial charge on any atom is 0.263 e. The van der Waals surface area contributed by atoms with Gasteiger partial charge in [0.15, 0.2) is 0 Å². The molecule has 0 atom stereocenters. The molecule has 2 aromatic carbocycles. The third-order valence-electron chi connectivity index (χ3n) is 3.17. The second-order valence-electron chi connectivity index (χ2n) is 4.75. The molecule has 112 valence electrons. The van der Waals surface area contributed by atoms with Crippen molar-refractivity contribution in [3.05, 3.63) is 48.2 Å². The zero-order chi connectivity index (χ0) is 15.9. The van der Waals surface area contributed by atoms with Crippen LogP contribution in [0.1, 0.15) is 13.3 Å². The number of phenols is 1. The Labute approximate surface area is 128 Å². The molecule has 5 nitrogen and oxygen atoms in total. The van der Waals surface area contributed by atoms with E-state index in [4.69, 9.17) is 5.26 Å². The van der Waals surface area contributed by atoms with E-state index < -0.39 is 5.91 Å². The van der Waals surface area contributed by atoms with Gasteiger partial charge in [-0.1, -0.05) is 31.2 Å². The summed E-state index contributed by atoms with van der Waals surface area (Å²) in [6.45, 7) is 2.47. The molecule has 2 rings (SSSR count). The number of phenolic OH excluding ortho intramolecular Hbond substituents is 1. The number of nitrogens with zero attached hydrogens (tertiary/aromatic N) is 1. The molecule has 0 spiro atoms. The Hall–Kier alpha value is -3.00. The van der Waals surface area contributed by atoms with Gasteiger partial charge in [0.1, 0.15) is 17.4 Å². The summed E-state index contributed by atoms with van der Waals surface area (Å²) < 4.78 is 0. The Bertz CT molecular complexity index is 760. The van der Waals surface area contributed by atoms with Crippen LogP contribution < -0.4 is 10.6 Å². The summed E-state index contributed by atoms with van der Waals surface area (Å²) in [5.74, 6) is -0.216. The summed E-state index contributed by atoms with van der Waals surface area (Å²) in [6, 6.07) is 12.5. The molecule has 3 N–H and O–H groups in total. The molecular formula is C17H17N3O2. The van der Waals surface area contributed by atoms with Gasteiger partial charge in [-0.2, -0.15) is 5.26 Å². The van der Waals surface area contributed by atoms with Gasteiger partial charge in [-0.3, -0.25) is 4.79 Å². The van der Waals surface area contributed by atoms with Gasteiger partial charge in [0.2, 0.25) is 0 Å². The fourth-order valence-electron chi connectivity index (χ4n) is 2.05. The Morgan fingerprint density at radius 3 is 2.73 bits per heavy atom. The van der Waals surface area contributed by atoms with Gasteiger partial charge < -0.3 is 15.7 Å². The van der Waals surface area contributed by atoms with Crippen molar-refractivity contribution in [3.8, 4) is 11.8 Å². The molecule has 0 aromatic heterocycles. The first-order valence-corrected chi connectivity index (χ1v) is 7.03. The minimum absolute atomic E-state index is 0.00519. The average Bonchev–Trinajstić information content (AvgIpc) is 2.54. The molecule has 0 saturated carbocycles. The Kier molecular flexibility index (Phi) is 4.99. The number of hydrogen-bond acceptors (Lipinski definition) is 4. The first kappa shape index (κ1) is 15.4. The summed E-state index contributed by atoms with van der Waals surface area (Å²) in [5, 5.41) is 26.1. The van der Waals surface area contributed by atoms with E-state index in [2.05, 4.69) is 10.6 Å². The fraction of sp³-hybridized carbons (Fsp3) is 0.176. The van der Waals surface area contributed by atoms with Crippen LogP contribution in [-0.4, -0.2) is 17.6 Å². The first-order valence-electron chi connectivity index (χ1n) is 7.03. The van der Waals surface area contributed by atoms with E-state index in [1.807, 2.05) is 25.1 Å². The molecule has 0 aliphatic heterocycles. The van der Waals surface area contributed by atoms with Crippen LogP contribution in [0, 0.1) is 11.3 Å². The molecule has 5 heteroatoms. The average molecular weight is 295 g/mol. The van der Waals surface area contributed by atoms with E-state index >= 15 is 0 Å². The number of hydrogen-bond donors (Lipinski definition) is 3. The lowest BCUT2D eigenvalue weighted by molar-refractivity contribution is -0.117. The zero-order valence-electron chi connectivity index (χ0n) is 12.3. The Morgan fingerprint density at radius 1 is 1.27 bits per heavy atom. The quantitative estimate of drug-likeness (QED) is 0.585. The van der Waals surface area contributed by atoms with Crippen LogP contribution in [0.4, 0.5) is 5.69 Å². The minimum atomic E-state index is -0.403. The van der Waals surface area contributed by atoms with Crippen LogP contribution in [-0.2, 0) is 4.79 Å². The lowest BCUT2D eigenvalue weighted by Crippen LogP contribution is -2.25. The smallest absolute Gasteiger partial charge is 0.263 e. The summed E-state index contributed by atoms with van der Waals surface area (Å²) >= 11 is 0. The van der Waals surface area contributed by atoms with Crippen LogP contribution in [0.3, 0.4) is 0 Å². The third kappa shape index (κ3) is 3.36. The second-order valence-corrected chi connectivity index (χ2v) is 4.75. The van der Waals surface area contributed by atoms with E-state index in [1.165, 1.54) is 6.20 Å². The van der Waals surface area contributed by atoms with E-state index in [0.29, 0.717) is 17.6 Å². The predicted molar refractivity (Wildman–Crippen MR) is 86.2 cm³/mol. The summed E-state index contributed by atoms with van der Waals surface area (Å²) in [6.07, 6.45) is 2.18.